The van der Waals surface area contributed by atoms with Crippen LogP contribution in [0.5, 0.6) is 0 Å². The second-order valence-electron chi connectivity index (χ2n) is 4.37. The predicted molar refractivity (Wildman–Crippen MR) is 65.8 cm³/mol. The topological polar surface area (TPSA) is 73.7 Å². The number of likely N-dealkylation sites (N-methyl/N-ethyl adjacent to an activating group) is 1. The maximum atomic E-state index is 10.9. The van der Waals surface area contributed by atoms with Gasteiger partial charge in [0.15, 0.2) is 0 Å². The number of carboxylic acids is 1. The molecule has 17 heavy (non-hydrogen) atoms. The highest BCUT2D eigenvalue weighted by atomic mass is 35.5. The van der Waals surface area contributed by atoms with Crippen molar-refractivity contribution in [3.05, 3.63) is 22.8 Å². The molecule has 0 bridgehead atoms. The van der Waals surface area contributed by atoms with Crippen molar-refractivity contribution < 1.29 is 15.0 Å². The van der Waals surface area contributed by atoms with Crippen molar-refractivity contribution in [1.82, 2.24) is 4.98 Å². The lowest BCUT2D eigenvalue weighted by molar-refractivity contribution is 0.0696. The molecule has 0 unspecified atom stereocenters. The molecule has 0 amide bonds. The molecular formula is C11H15ClN2O3. The zero-order valence-corrected chi connectivity index (χ0v) is 10.7. The highest BCUT2D eigenvalue weighted by Gasteiger charge is 2.24. The van der Waals surface area contributed by atoms with E-state index in [1.54, 1.807) is 11.9 Å². The fraction of sp³-hybridized carbons (Fsp3) is 0.455. The summed E-state index contributed by atoms with van der Waals surface area (Å²) in [7, 11) is 1.72. The van der Waals surface area contributed by atoms with Gasteiger partial charge < -0.3 is 15.1 Å². The van der Waals surface area contributed by atoms with Crippen LogP contribution in [0.4, 0.5) is 5.82 Å². The molecule has 1 aromatic heterocycles. The molecule has 0 aliphatic rings. The van der Waals surface area contributed by atoms with Crippen molar-refractivity contribution in [2.45, 2.75) is 19.4 Å². The average molecular weight is 259 g/mol. The van der Waals surface area contributed by atoms with Gasteiger partial charge in [0.05, 0.1) is 17.7 Å². The van der Waals surface area contributed by atoms with Gasteiger partial charge in [-0.15, -0.1) is 0 Å². The van der Waals surface area contributed by atoms with Crippen molar-refractivity contribution in [3.63, 3.8) is 0 Å². The highest BCUT2D eigenvalue weighted by molar-refractivity contribution is 6.29. The minimum Gasteiger partial charge on any atom is -0.478 e. The summed E-state index contributed by atoms with van der Waals surface area (Å²) in [5.74, 6) is -0.653. The number of halogens is 1. The van der Waals surface area contributed by atoms with E-state index in [-0.39, 0.29) is 17.3 Å². The third kappa shape index (κ3) is 3.08. The number of carboxylic acid groups (broad SMARTS) is 1. The maximum Gasteiger partial charge on any atom is 0.335 e. The van der Waals surface area contributed by atoms with E-state index < -0.39 is 11.5 Å². The normalized spacial score (nSPS) is 11.4. The van der Waals surface area contributed by atoms with Crippen molar-refractivity contribution in [2.75, 3.05) is 18.6 Å². The number of aromatic nitrogens is 1. The Bertz CT molecular complexity index is 435. The van der Waals surface area contributed by atoms with Gasteiger partial charge in [0.25, 0.3) is 0 Å². The maximum absolute atomic E-state index is 10.9. The predicted octanol–water partition coefficient (Wildman–Crippen LogP) is 1.64. The molecule has 0 aliphatic carbocycles. The second-order valence-corrected chi connectivity index (χ2v) is 4.76. The van der Waals surface area contributed by atoms with Gasteiger partial charge in [-0.3, -0.25) is 0 Å². The first kappa shape index (κ1) is 13.7. The Morgan fingerprint density at radius 1 is 1.53 bits per heavy atom. The van der Waals surface area contributed by atoms with Crippen molar-refractivity contribution in [2.24, 2.45) is 0 Å². The smallest absolute Gasteiger partial charge is 0.335 e. The van der Waals surface area contributed by atoms with Gasteiger partial charge in [-0.1, -0.05) is 11.6 Å². The first-order valence-electron chi connectivity index (χ1n) is 5.03. The number of aliphatic hydroxyl groups excluding tert-OH is 1. The Labute approximate surface area is 105 Å². The SMILES string of the molecule is CN(c1cc(C(=O)O)cc(Cl)n1)C(C)(C)CO. The number of aromatic carboxylic acids is 1. The molecule has 2 N–H and O–H groups in total. The van der Waals surface area contributed by atoms with Crippen LogP contribution in [0.1, 0.15) is 24.2 Å². The fourth-order valence-corrected chi connectivity index (χ4v) is 1.40. The minimum atomic E-state index is -1.06. The first-order chi connectivity index (χ1) is 7.77. The molecule has 5 nitrogen and oxygen atoms in total. The summed E-state index contributed by atoms with van der Waals surface area (Å²) in [4.78, 5) is 16.6. The number of rotatable bonds is 4. The van der Waals surface area contributed by atoms with Gasteiger partial charge in [-0.05, 0) is 26.0 Å². The van der Waals surface area contributed by atoms with Crippen LogP contribution in [0.3, 0.4) is 0 Å². The van der Waals surface area contributed by atoms with Gasteiger partial charge in [-0.25, -0.2) is 9.78 Å². The molecular weight excluding hydrogens is 244 g/mol. The van der Waals surface area contributed by atoms with Gasteiger partial charge in [0.1, 0.15) is 11.0 Å². The quantitative estimate of drug-likeness (QED) is 0.803. The van der Waals surface area contributed by atoms with Crippen molar-refractivity contribution in [3.8, 4) is 0 Å². The Morgan fingerprint density at radius 2 is 2.12 bits per heavy atom. The molecule has 0 radical (unpaired) electrons. The van der Waals surface area contributed by atoms with Crippen LogP contribution in [0.15, 0.2) is 12.1 Å². The van der Waals surface area contributed by atoms with E-state index in [1.807, 2.05) is 13.8 Å². The average Bonchev–Trinajstić information content (AvgIpc) is 2.27. The Hall–Kier alpha value is -1.33. The standard InChI is InChI=1S/C11H15ClN2O3/c1-11(2,6-15)14(3)9-5-7(10(16)17)4-8(12)13-9/h4-5,15H,6H2,1-3H3,(H,16,17). The summed E-state index contributed by atoms with van der Waals surface area (Å²) >= 11 is 5.77. The van der Waals surface area contributed by atoms with E-state index in [0.29, 0.717) is 5.82 Å². The summed E-state index contributed by atoms with van der Waals surface area (Å²) in [5, 5.41) is 18.3. The molecule has 0 saturated heterocycles. The first-order valence-corrected chi connectivity index (χ1v) is 5.41. The molecule has 0 fully saturated rings. The van der Waals surface area contributed by atoms with E-state index in [1.165, 1.54) is 12.1 Å². The fourth-order valence-electron chi connectivity index (χ4n) is 1.19. The van der Waals surface area contributed by atoms with Gasteiger partial charge >= 0.3 is 5.97 Å². The van der Waals surface area contributed by atoms with E-state index in [9.17, 15) is 9.90 Å². The molecule has 1 heterocycles. The van der Waals surface area contributed by atoms with E-state index >= 15 is 0 Å². The lowest BCUT2D eigenvalue weighted by Gasteiger charge is -2.35. The largest absolute Gasteiger partial charge is 0.478 e. The summed E-state index contributed by atoms with van der Waals surface area (Å²) in [6, 6.07) is 2.71. The number of anilines is 1. The number of hydrogen-bond donors (Lipinski definition) is 2. The van der Waals surface area contributed by atoms with Gasteiger partial charge in [0.2, 0.25) is 0 Å². The van der Waals surface area contributed by atoms with Crippen LogP contribution < -0.4 is 4.90 Å². The van der Waals surface area contributed by atoms with E-state index in [2.05, 4.69) is 4.98 Å². The molecule has 0 atom stereocenters. The summed E-state index contributed by atoms with van der Waals surface area (Å²) in [5.41, 5.74) is -0.478. The molecule has 94 valence electrons. The summed E-state index contributed by atoms with van der Waals surface area (Å²) in [6.45, 7) is 3.55. The highest BCUT2D eigenvalue weighted by Crippen LogP contribution is 2.23. The third-order valence-electron chi connectivity index (χ3n) is 2.67. The zero-order valence-electron chi connectivity index (χ0n) is 9.94. The van der Waals surface area contributed by atoms with Crippen LogP contribution in [0, 0.1) is 0 Å². The van der Waals surface area contributed by atoms with Crippen LogP contribution in [-0.2, 0) is 0 Å². The van der Waals surface area contributed by atoms with Gasteiger partial charge in [0, 0.05) is 7.05 Å². The van der Waals surface area contributed by atoms with Gasteiger partial charge in [-0.2, -0.15) is 0 Å². The molecule has 0 spiro atoms. The number of hydrogen-bond acceptors (Lipinski definition) is 4. The van der Waals surface area contributed by atoms with Crippen LogP contribution in [0.2, 0.25) is 5.15 Å². The number of aliphatic hydroxyl groups is 1. The Balaban J connectivity index is 3.18. The Kier molecular flexibility index (Phi) is 3.95. The molecule has 1 aromatic rings. The molecule has 1 rings (SSSR count). The number of pyridine rings is 1. The van der Waals surface area contributed by atoms with Crippen molar-refractivity contribution >= 4 is 23.4 Å². The second kappa shape index (κ2) is 4.89. The Morgan fingerprint density at radius 3 is 2.59 bits per heavy atom. The summed E-state index contributed by atoms with van der Waals surface area (Å²) in [6.07, 6.45) is 0. The third-order valence-corrected chi connectivity index (χ3v) is 2.86. The van der Waals surface area contributed by atoms with Crippen LogP contribution in [-0.4, -0.2) is 40.4 Å². The minimum absolute atomic E-state index is 0.0700. The molecule has 0 aliphatic heterocycles. The molecule has 0 saturated carbocycles. The lowest BCUT2D eigenvalue weighted by atomic mass is 10.1. The van der Waals surface area contributed by atoms with Crippen LogP contribution >= 0.6 is 11.6 Å². The zero-order chi connectivity index (χ0) is 13.2. The van der Waals surface area contributed by atoms with E-state index in [4.69, 9.17) is 16.7 Å². The number of nitrogens with zero attached hydrogens (tertiary/aromatic N) is 2. The molecule has 0 aromatic carbocycles. The van der Waals surface area contributed by atoms with Crippen molar-refractivity contribution in [1.29, 1.82) is 0 Å². The van der Waals surface area contributed by atoms with Crippen LogP contribution in [0.25, 0.3) is 0 Å². The summed E-state index contributed by atoms with van der Waals surface area (Å²) < 4.78 is 0. The molecule has 6 heteroatoms. The van der Waals surface area contributed by atoms with E-state index in [0.717, 1.165) is 0 Å². The monoisotopic (exact) mass is 258 g/mol. The number of carbonyl (C=O) groups is 1. The lowest BCUT2D eigenvalue weighted by Crippen LogP contribution is -2.44.